The van der Waals surface area contributed by atoms with Gasteiger partial charge in [-0.25, -0.2) is 0 Å². The number of allylic oxidation sites excluding steroid dienone is 1. The summed E-state index contributed by atoms with van der Waals surface area (Å²) in [5.74, 6) is 0.998. The number of carbonyl (C=O) groups is 3. The molecule has 5 aliphatic rings. The van der Waals surface area contributed by atoms with Gasteiger partial charge in [-0.05, 0) is 117 Å². The first-order valence-electron chi connectivity index (χ1n) is 17.1. The average Bonchev–Trinajstić information content (AvgIpc) is 3.35. The van der Waals surface area contributed by atoms with Gasteiger partial charge in [0.15, 0.2) is 0 Å². The van der Waals surface area contributed by atoms with Crippen LogP contribution in [0.3, 0.4) is 0 Å². The molecule has 0 aliphatic heterocycles. The van der Waals surface area contributed by atoms with Crippen LogP contribution in [-0.4, -0.2) is 37.2 Å². The fraction of sp³-hybridized carbons (Fsp3) is 0.838. The maximum absolute atomic E-state index is 13.9. The van der Waals surface area contributed by atoms with Crippen LogP contribution in [0.4, 0.5) is 0 Å². The molecule has 0 amide bonds. The van der Waals surface area contributed by atoms with Crippen LogP contribution in [0.15, 0.2) is 12.2 Å². The second-order valence-electron chi connectivity index (χ2n) is 16.3. The number of hydrogen-bond acceptors (Lipinski definition) is 7. The van der Waals surface area contributed by atoms with Crippen molar-refractivity contribution in [3.8, 4) is 6.07 Å². The molecular weight excluding hydrogens is 554 g/mol. The molecule has 7 nitrogen and oxygen atoms in total. The van der Waals surface area contributed by atoms with Gasteiger partial charge in [0.2, 0.25) is 0 Å². The molecule has 0 aromatic rings. The van der Waals surface area contributed by atoms with Crippen molar-refractivity contribution in [1.82, 2.24) is 0 Å². The van der Waals surface area contributed by atoms with Gasteiger partial charge >= 0.3 is 17.9 Å². The third-order valence-corrected chi connectivity index (χ3v) is 14.6. The van der Waals surface area contributed by atoms with Gasteiger partial charge in [-0.1, -0.05) is 39.8 Å². The fourth-order valence-corrected chi connectivity index (χ4v) is 12.5. The van der Waals surface area contributed by atoms with Crippen molar-refractivity contribution in [3.63, 3.8) is 0 Å². The molecule has 0 aromatic carbocycles. The molecule has 11 atom stereocenters. The summed E-state index contributed by atoms with van der Waals surface area (Å²) in [5, 5.41) is 9.06. The first kappa shape index (κ1) is 33.0. The van der Waals surface area contributed by atoms with Crippen LogP contribution in [0.5, 0.6) is 0 Å². The minimum Gasteiger partial charge on any atom is -0.465 e. The second kappa shape index (κ2) is 11.5. The maximum atomic E-state index is 13.9. The van der Waals surface area contributed by atoms with E-state index >= 15 is 0 Å². The first-order chi connectivity index (χ1) is 20.6. The van der Waals surface area contributed by atoms with Gasteiger partial charge in [-0.3, -0.25) is 14.4 Å². The highest BCUT2D eigenvalue weighted by Gasteiger charge is 2.72. The van der Waals surface area contributed by atoms with Crippen LogP contribution in [-0.2, 0) is 28.6 Å². The highest BCUT2D eigenvalue weighted by Crippen LogP contribution is 2.77. The number of nitrogens with zero attached hydrogens (tertiary/aromatic N) is 1. The van der Waals surface area contributed by atoms with Crippen molar-refractivity contribution in [3.05, 3.63) is 12.2 Å². The lowest BCUT2D eigenvalue weighted by atomic mass is 9.32. The van der Waals surface area contributed by atoms with Crippen molar-refractivity contribution in [2.24, 2.45) is 56.7 Å². The topological polar surface area (TPSA) is 103 Å². The third-order valence-electron chi connectivity index (χ3n) is 14.6. The average molecular weight is 610 g/mol. The Balaban J connectivity index is 1.50. The minimum atomic E-state index is -0.488. The third kappa shape index (κ3) is 4.75. The molecule has 0 aromatic heterocycles. The van der Waals surface area contributed by atoms with E-state index in [0.29, 0.717) is 17.8 Å². The van der Waals surface area contributed by atoms with E-state index in [9.17, 15) is 14.4 Å². The molecule has 0 radical (unpaired) electrons. The summed E-state index contributed by atoms with van der Waals surface area (Å²) in [5.41, 5.74) is 0.395. The Morgan fingerprint density at radius 1 is 0.818 bits per heavy atom. The summed E-state index contributed by atoms with van der Waals surface area (Å²) in [6.07, 6.45) is 9.62. The van der Waals surface area contributed by atoms with E-state index in [1.807, 2.05) is 0 Å². The number of hydrogen-bond donors (Lipinski definition) is 0. The SMILES string of the molecule is C=C(C)[C@@H]1CC[C@]2(C(=O)OCCC#N)CC[C@]3(C)C(CCC4[C@@]5(C)CC[C@H](OC(C)=O)[C@@](C)(COC(C)=O)C5CC[C@]43C)C12. The van der Waals surface area contributed by atoms with Gasteiger partial charge in [0.25, 0.3) is 0 Å². The van der Waals surface area contributed by atoms with E-state index < -0.39 is 10.8 Å². The molecule has 244 valence electrons. The molecule has 0 spiro atoms. The predicted octanol–water partition coefficient (Wildman–Crippen LogP) is 7.58. The van der Waals surface area contributed by atoms with Crippen LogP contribution in [0.1, 0.15) is 119 Å². The van der Waals surface area contributed by atoms with Crippen LogP contribution in [0, 0.1) is 68.0 Å². The fourth-order valence-electron chi connectivity index (χ4n) is 12.5. The number of carbonyl (C=O) groups excluding carboxylic acids is 3. The van der Waals surface area contributed by atoms with Gasteiger partial charge in [-0.15, -0.1) is 0 Å². The summed E-state index contributed by atoms with van der Waals surface area (Å²) in [4.78, 5) is 38.1. The zero-order chi connectivity index (χ0) is 32.3. The van der Waals surface area contributed by atoms with E-state index in [-0.39, 0.29) is 71.7 Å². The number of esters is 3. The van der Waals surface area contributed by atoms with Crippen molar-refractivity contribution in [2.45, 2.75) is 125 Å². The Morgan fingerprint density at radius 3 is 2.18 bits per heavy atom. The Bertz CT molecular complexity index is 1240. The van der Waals surface area contributed by atoms with Gasteiger partial charge in [0.1, 0.15) is 19.3 Å². The smallest absolute Gasteiger partial charge is 0.312 e. The summed E-state index contributed by atoms with van der Waals surface area (Å²) < 4.78 is 17.5. The number of rotatable bonds is 7. The van der Waals surface area contributed by atoms with Crippen LogP contribution in [0.2, 0.25) is 0 Å². The molecule has 0 heterocycles. The second-order valence-corrected chi connectivity index (χ2v) is 16.3. The van der Waals surface area contributed by atoms with Gasteiger partial charge < -0.3 is 14.2 Å². The van der Waals surface area contributed by atoms with E-state index in [0.717, 1.165) is 64.2 Å². The molecule has 5 rings (SSSR count). The zero-order valence-corrected chi connectivity index (χ0v) is 28.3. The Kier molecular flexibility index (Phi) is 8.60. The molecule has 4 unspecified atom stereocenters. The number of nitriles is 1. The van der Waals surface area contributed by atoms with Gasteiger partial charge in [0, 0.05) is 19.3 Å². The quantitative estimate of drug-likeness (QED) is 0.127. The molecule has 5 aliphatic carbocycles. The Labute approximate surface area is 264 Å². The number of ether oxygens (including phenoxy) is 3. The molecule has 0 saturated heterocycles. The van der Waals surface area contributed by atoms with Crippen molar-refractivity contribution in [2.75, 3.05) is 13.2 Å². The molecule has 0 bridgehead atoms. The van der Waals surface area contributed by atoms with Crippen molar-refractivity contribution in [1.29, 1.82) is 5.26 Å². The molecule has 5 fully saturated rings. The maximum Gasteiger partial charge on any atom is 0.312 e. The molecular formula is C37H55NO6. The Hall–Kier alpha value is -2.36. The lowest BCUT2D eigenvalue weighted by Gasteiger charge is -2.72. The van der Waals surface area contributed by atoms with Crippen LogP contribution in [0.25, 0.3) is 0 Å². The normalized spacial score (nSPS) is 45.8. The molecule has 0 N–H and O–H groups in total. The lowest BCUT2D eigenvalue weighted by molar-refractivity contribution is -0.257. The van der Waals surface area contributed by atoms with Gasteiger partial charge in [-0.2, -0.15) is 5.26 Å². The van der Waals surface area contributed by atoms with Gasteiger partial charge in [0.05, 0.1) is 17.9 Å². The summed E-state index contributed by atoms with van der Waals surface area (Å²) >= 11 is 0. The van der Waals surface area contributed by atoms with Crippen LogP contribution >= 0.6 is 0 Å². The minimum absolute atomic E-state index is 0.0146. The summed E-state index contributed by atoms with van der Waals surface area (Å²) in [7, 11) is 0. The molecule has 5 saturated carbocycles. The van der Waals surface area contributed by atoms with Crippen molar-refractivity contribution >= 4 is 17.9 Å². The number of fused-ring (bicyclic) bond motifs is 7. The van der Waals surface area contributed by atoms with E-state index in [1.54, 1.807) is 0 Å². The predicted molar refractivity (Wildman–Crippen MR) is 167 cm³/mol. The Morgan fingerprint density at radius 2 is 1.55 bits per heavy atom. The highest BCUT2D eigenvalue weighted by atomic mass is 16.6. The summed E-state index contributed by atoms with van der Waals surface area (Å²) in [6.45, 7) is 19.7. The molecule has 44 heavy (non-hydrogen) atoms. The van der Waals surface area contributed by atoms with Crippen molar-refractivity contribution < 1.29 is 28.6 Å². The first-order valence-corrected chi connectivity index (χ1v) is 17.1. The van der Waals surface area contributed by atoms with E-state index in [1.165, 1.54) is 19.4 Å². The van der Waals surface area contributed by atoms with E-state index in [2.05, 4.69) is 47.3 Å². The largest absolute Gasteiger partial charge is 0.465 e. The molecule has 7 heteroatoms. The van der Waals surface area contributed by atoms with Crippen LogP contribution < -0.4 is 0 Å². The standard InChI is InChI=1S/C37H55NO6/c1-23(2)26-12-17-37(32(41)42-21-9-20-38)19-18-35(7)27(31(26)37)10-11-29-33(5)15-14-30(44-25(4)40)34(6,22-43-24(3)39)28(33)13-16-36(29,35)8/h26-31H,1,9-19,21-22H2,2-8H3/t26-,27?,28?,29?,30-,31?,33-,34-,35+,36+,37-/m0/s1. The monoisotopic (exact) mass is 609 g/mol. The zero-order valence-electron chi connectivity index (χ0n) is 28.3. The summed E-state index contributed by atoms with van der Waals surface area (Å²) in [6, 6.07) is 2.11. The van der Waals surface area contributed by atoms with E-state index in [4.69, 9.17) is 19.5 Å². The lowest BCUT2D eigenvalue weighted by Crippen LogP contribution is -2.68. The highest BCUT2D eigenvalue weighted by molar-refractivity contribution is 5.78.